The topological polar surface area (TPSA) is 30.5 Å². The molecule has 0 aliphatic heterocycles. The van der Waals surface area contributed by atoms with E-state index in [0.717, 1.165) is 19.4 Å². The predicted molar refractivity (Wildman–Crippen MR) is 59.6 cm³/mol. The minimum atomic E-state index is 0.289. The maximum absolute atomic E-state index is 5.49. The second kappa shape index (κ2) is 8.21. The van der Waals surface area contributed by atoms with Crippen LogP contribution >= 0.6 is 0 Å². The van der Waals surface area contributed by atoms with Gasteiger partial charge in [0.05, 0.1) is 6.10 Å². The molecule has 3 nitrogen and oxygen atoms in total. The van der Waals surface area contributed by atoms with Gasteiger partial charge >= 0.3 is 0 Å². The van der Waals surface area contributed by atoms with E-state index in [9.17, 15) is 0 Å². The number of nitrogens with one attached hydrogen (secondary N) is 1. The average molecular weight is 203 g/mol. The molecule has 0 bridgehead atoms. The van der Waals surface area contributed by atoms with Crippen molar-refractivity contribution in [1.29, 1.82) is 0 Å². The van der Waals surface area contributed by atoms with Crippen LogP contribution in [0.15, 0.2) is 0 Å². The van der Waals surface area contributed by atoms with Gasteiger partial charge in [0.2, 0.25) is 0 Å². The molecule has 3 heteroatoms. The number of methoxy groups -OCH3 is 2. The highest BCUT2D eigenvalue weighted by atomic mass is 16.5. The van der Waals surface area contributed by atoms with Crippen LogP contribution in [0.4, 0.5) is 0 Å². The fraction of sp³-hybridized carbons (Fsp3) is 1.00. The molecule has 0 radical (unpaired) electrons. The molecular formula is C11H25NO2. The summed E-state index contributed by atoms with van der Waals surface area (Å²) in [4.78, 5) is 0. The molecule has 2 unspecified atom stereocenters. The first kappa shape index (κ1) is 13.9. The fourth-order valence-corrected chi connectivity index (χ4v) is 1.82. The molecule has 2 atom stereocenters. The lowest BCUT2D eigenvalue weighted by Gasteiger charge is -2.28. The molecule has 0 spiro atoms. The molecule has 0 aromatic heterocycles. The van der Waals surface area contributed by atoms with E-state index >= 15 is 0 Å². The van der Waals surface area contributed by atoms with Crippen molar-refractivity contribution in [3.63, 3.8) is 0 Å². The van der Waals surface area contributed by atoms with Crippen molar-refractivity contribution in [3.8, 4) is 0 Å². The van der Waals surface area contributed by atoms with Crippen LogP contribution in [0.3, 0.4) is 0 Å². The van der Waals surface area contributed by atoms with Gasteiger partial charge in [-0.25, -0.2) is 0 Å². The highest BCUT2D eigenvalue weighted by molar-refractivity contribution is 4.78. The van der Waals surface area contributed by atoms with Crippen molar-refractivity contribution in [2.75, 3.05) is 27.9 Å². The number of hydrogen-bond acceptors (Lipinski definition) is 3. The zero-order chi connectivity index (χ0) is 11.0. The third-order valence-corrected chi connectivity index (χ3v) is 2.56. The molecule has 0 saturated heterocycles. The molecule has 0 aliphatic carbocycles. The van der Waals surface area contributed by atoms with Gasteiger partial charge in [0.25, 0.3) is 0 Å². The van der Waals surface area contributed by atoms with Crippen LogP contribution in [0.2, 0.25) is 0 Å². The summed E-state index contributed by atoms with van der Waals surface area (Å²) in [5, 5.41) is 3.31. The lowest BCUT2D eigenvalue weighted by Crippen LogP contribution is -2.42. The van der Waals surface area contributed by atoms with E-state index in [1.54, 1.807) is 14.2 Å². The van der Waals surface area contributed by atoms with Crippen molar-refractivity contribution < 1.29 is 9.47 Å². The van der Waals surface area contributed by atoms with E-state index in [4.69, 9.17) is 9.47 Å². The van der Waals surface area contributed by atoms with Crippen LogP contribution in [0.25, 0.3) is 0 Å². The Morgan fingerprint density at radius 2 is 1.86 bits per heavy atom. The van der Waals surface area contributed by atoms with Gasteiger partial charge in [0.1, 0.15) is 0 Å². The summed E-state index contributed by atoms with van der Waals surface area (Å²) in [6, 6.07) is 0.426. The molecule has 0 fully saturated rings. The summed E-state index contributed by atoms with van der Waals surface area (Å²) in [6.45, 7) is 5.20. The largest absolute Gasteiger partial charge is 0.385 e. The van der Waals surface area contributed by atoms with Gasteiger partial charge in [-0.1, -0.05) is 13.8 Å². The van der Waals surface area contributed by atoms with Gasteiger partial charge < -0.3 is 14.8 Å². The lowest BCUT2D eigenvalue weighted by atomic mass is 9.96. The maximum atomic E-state index is 5.49. The standard InChI is InChI=1S/C11H25NO2/c1-9(2)11(14-5)10(12-3)7-6-8-13-4/h9-12H,6-8H2,1-5H3. The maximum Gasteiger partial charge on any atom is 0.0746 e. The molecule has 1 N–H and O–H groups in total. The van der Waals surface area contributed by atoms with E-state index in [1.165, 1.54) is 0 Å². The SMILES string of the molecule is CNC(CCCOC)C(OC)C(C)C. The zero-order valence-electron chi connectivity index (χ0n) is 10.2. The summed E-state index contributed by atoms with van der Waals surface area (Å²) < 4.78 is 10.5. The van der Waals surface area contributed by atoms with Crippen molar-refractivity contribution in [2.45, 2.75) is 38.8 Å². The Morgan fingerprint density at radius 3 is 2.21 bits per heavy atom. The van der Waals surface area contributed by atoms with Crippen LogP contribution in [-0.4, -0.2) is 40.0 Å². The van der Waals surface area contributed by atoms with Crippen LogP contribution in [-0.2, 0) is 9.47 Å². The normalized spacial score (nSPS) is 15.9. The lowest BCUT2D eigenvalue weighted by molar-refractivity contribution is 0.0303. The first-order valence-corrected chi connectivity index (χ1v) is 5.36. The van der Waals surface area contributed by atoms with Crippen LogP contribution in [0.1, 0.15) is 26.7 Å². The molecule has 14 heavy (non-hydrogen) atoms. The Labute approximate surface area is 88.2 Å². The highest BCUT2D eigenvalue weighted by Gasteiger charge is 2.22. The molecule has 86 valence electrons. The average Bonchev–Trinajstić information content (AvgIpc) is 2.16. The monoisotopic (exact) mass is 203 g/mol. The van der Waals surface area contributed by atoms with Gasteiger partial charge in [-0.2, -0.15) is 0 Å². The van der Waals surface area contributed by atoms with Gasteiger partial charge in [0, 0.05) is 26.9 Å². The van der Waals surface area contributed by atoms with Crippen molar-refractivity contribution in [1.82, 2.24) is 5.32 Å². The first-order valence-electron chi connectivity index (χ1n) is 5.36. The van der Waals surface area contributed by atoms with Gasteiger partial charge in [0.15, 0.2) is 0 Å². The van der Waals surface area contributed by atoms with Crippen LogP contribution in [0, 0.1) is 5.92 Å². The Hall–Kier alpha value is -0.120. The number of hydrogen-bond donors (Lipinski definition) is 1. The smallest absolute Gasteiger partial charge is 0.0746 e. The van der Waals surface area contributed by atoms with E-state index in [1.807, 2.05) is 7.05 Å². The Kier molecular flexibility index (Phi) is 8.14. The molecule has 0 saturated carbocycles. The molecular weight excluding hydrogens is 178 g/mol. The first-order chi connectivity index (χ1) is 6.67. The van der Waals surface area contributed by atoms with E-state index in [-0.39, 0.29) is 6.10 Å². The zero-order valence-corrected chi connectivity index (χ0v) is 10.2. The summed E-state index contributed by atoms with van der Waals surface area (Å²) in [7, 11) is 5.52. The predicted octanol–water partition coefficient (Wildman–Crippen LogP) is 1.67. The molecule has 0 rings (SSSR count). The van der Waals surface area contributed by atoms with E-state index in [0.29, 0.717) is 12.0 Å². The van der Waals surface area contributed by atoms with Crippen molar-refractivity contribution in [3.05, 3.63) is 0 Å². The number of ether oxygens (including phenoxy) is 2. The Balaban J connectivity index is 3.95. The van der Waals surface area contributed by atoms with E-state index in [2.05, 4.69) is 19.2 Å². The summed E-state index contributed by atoms with van der Waals surface area (Å²) in [6.07, 6.45) is 2.46. The van der Waals surface area contributed by atoms with Gasteiger partial charge in [-0.05, 0) is 25.8 Å². The van der Waals surface area contributed by atoms with Crippen molar-refractivity contribution >= 4 is 0 Å². The molecule has 0 aromatic carbocycles. The van der Waals surface area contributed by atoms with Gasteiger partial charge in [-0.3, -0.25) is 0 Å². The molecule has 0 heterocycles. The number of likely N-dealkylation sites (N-methyl/N-ethyl adjacent to an activating group) is 1. The molecule has 0 amide bonds. The summed E-state index contributed by atoms with van der Waals surface area (Å²) in [5.41, 5.74) is 0. The second-order valence-electron chi connectivity index (χ2n) is 3.97. The van der Waals surface area contributed by atoms with E-state index < -0.39 is 0 Å². The number of rotatable bonds is 8. The Bertz CT molecular complexity index is 128. The minimum absolute atomic E-state index is 0.289. The highest BCUT2D eigenvalue weighted by Crippen LogP contribution is 2.14. The van der Waals surface area contributed by atoms with Crippen molar-refractivity contribution in [2.24, 2.45) is 5.92 Å². The quantitative estimate of drug-likeness (QED) is 0.609. The molecule has 0 aromatic rings. The second-order valence-corrected chi connectivity index (χ2v) is 3.97. The third-order valence-electron chi connectivity index (χ3n) is 2.56. The van der Waals surface area contributed by atoms with Gasteiger partial charge in [-0.15, -0.1) is 0 Å². The van der Waals surface area contributed by atoms with Crippen LogP contribution < -0.4 is 5.32 Å². The fourth-order valence-electron chi connectivity index (χ4n) is 1.82. The summed E-state index contributed by atoms with van der Waals surface area (Å²) in [5.74, 6) is 0.542. The molecule has 0 aliphatic rings. The summed E-state index contributed by atoms with van der Waals surface area (Å²) >= 11 is 0. The van der Waals surface area contributed by atoms with Crippen LogP contribution in [0.5, 0.6) is 0 Å². The Morgan fingerprint density at radius 1 is 1.21 bits per heavy atom. The third kappa shape index (κ3) is 4.94. The minimum Gasteiger partial charge on any atom is -0.385 e.